The number of nitrogens with one attached hydrogen (secondary N) is 1. The van der Waals surface area contributed by atoms with Crippen LogP contribution in [0.15, 0.2) is 23.4 Å². The van der Waals surface area contributed by atoms with Gasteiger partial charge in [0, 0.05) is 23.5 Å². The molecule has 1 aliphatic rings. The predicted octanol–water partition coefficient (Wildman–Crippen LogP) is 3.93. The molecule has 0 aliphatic carbocycles. The van der Waals surface area contributed by atoms with Crippen LogP contribution in [0.4, 0.5) is 0 Å². The molecule has 0 fully saturated rings. The lowest BCUT2D eigenvalue weighted by Gasteiger charge is -2.35. The Bertz CT molecular complexity index is 690. The first-order valence-corrected chi connectivity index (χ1v) is 8.07. The molecule has 1 aromatic carbocycles. The first-order chi connectivity index (χ1) is 10.8. The van der Waals surface area contributed by atoms with Gasteiger partial charge in [-0.25, -0.2) is 0 Å². The number of benzene rings is 1. The van der Waals surface area contributed by atoms with Crippen molar-refractivity contribution in [3.63, 3.8) is 0 Å². The normalized spacial score (nSPS) is 21.4. The number of oxime groups is 1. The minimum absolute atomic E-state index is 0.320. The van der Waals surface area contributed by atoms with Gasteiger partial charge in [-0.05, 0) is 30.4 Å². The predicted molar refractivity (Wildman–Crippen MR) is 89.4 cm³/mol. The molecular formula is C18H24N2O2. The highest BCUT2D eigenvalue weighted by Crippen LogP contribution is 2.41. The Kier molecular flexibility index (Phi) is 4.21. The number of H-pyrrole nitrogens is 1. The first kappa shape index (κ1) is 15.1. The minimum Gasteiger partial charge on any atom is -0.399 e. The number of ether oxygens (including phenoxy) is 1. The Morgan fingerprint density at radius 3 is 3.00 bits per heavy atom. The van der Waals surface area contributed by atoms with Gasteiger partial charge < -0.3 is 14.6 Å². The Morgan fingerprint density at radius 1 is 1.41 bits per heavy atom. The smallest absolute Gasteiger partial charge is 0.113 e. The van der Waals surface area contributed by atoms with Gasteiger partial charge in [0.1, 0.15) is 12.7 Å². The zero-order valence-electron chi connectivity index (χ0n) is 13.6. The van der Waals surface area contributed by atoms with Crippen molar-refractivity contribution in [1.82, 2.24) is 4.98 Å². The van der Waals surface area contributed by atoms with Gasteiger partial charge in [0.25, 0.3) is 0 Å². The molecule has 0 spiro atoms. The van der Waals surface area contributed by atoms with E-state index in [1.165, 1.54) is 27.7 Å². The Hall–Kier alpha value is -1.81. The quantitative estimate of drug-likeness (QED) is 0.672. The van der Waals surface area contributed by atoms with Crippen molar-refractivity contribution >= 4 is 17.1 Å². The second kappa shape index (κ2) is 6.13. The summed E-state index contributed by atoms with van der Waals surface area (Å²) in [6, 6.07) is 6.58. The lowest BCUT2D eigenvalue weighted by atomic mass is 9.86. The SMILES string of the molecule is CCc1cccc2c3c([nH]c12)[C@@](CC)(CC=NOC)OCC3. The van der Waals surface area contributed by atoms with Gasteiger partial charge in [0.05, 0.1) is 12.3 Å². The topological polar surface area (TPSA) is 46.6 Å². The van der Waals surface area contributed by atoms with Gasteiger partial charge in [-0.15, -0.1) is 0 Å². The van der Waals surface area contributed by atoms with Gasteiger partial charge in [0.15, 0.2) is 0 Å². The molecule has 2 heterocycles. The summed E-state index contributed by atoms with van der Waals surface area (Å²) < 4.78 is 6.21. The average molecular weight is 300 g/mol. The van der Waals surface area contributed by atoms with Gasteiger partial charge in [-0.1, -0.05) is 37.2 Å². The second-order valence-corrected chi connectivity index (χ2v) is 5.79. The third-order valence-corrected chi connectivity index (χ3v) is 4.77. The third-order valence-electron chi connectivity index (χ3n) is 4.77. The van der Waals surface area contributed by atoms with E-state index in [4.69, 9.17) is 9.57 Å². The van der Waals surface area contributed by atoms with Crippen molar-refractivity contribution in [1.29, 1.82) is 0 Å². The molecule has 22 heavy (non-hydrogen) atoms. The van der Waals surface area contributed by atoms with Crippen molar-refractivity contribution < 1.29 is 9.57 Å². The molecule has 0 amide bonds. The number of nitrogens with zero attached hydrogens (tertiary/aromatic N) is 1. The van der Waals surface area contributed by atoms with Gasteiger partial charge >= 0.3 is 0 Å². The van der Waals surface area contributed by atoms with Crippen LogP contribution < -0.4 is 0 Å². The van der Waals surface area contributed by atoms with Crippen molar-refractivity contribution in [2.75, 3.05) is 13.7 Å². The van der Waals surface area contributed by atoms with E-state index in [9.17, 15) is 0 Å². The molecule has 0 bridgehead atoms. The molecule has 4 heteroatoms. The van der Waals surface area contributed by atoms with Crippen molar-refractivity contribution in [3.05, 3.63) is 35.0 Å². The van der Waals surface area contributed by atoms with E-state index >= 15 is 0 Å². The number of hydrogen-bond donors (Lipinski definition) is 1. The Labute approximate surface area is 131 Å². The summed E-state index contributed by atoms with van der Waals surface area (Å²) >= 11 is 0. The molecule has 0 saturated carbocycles. The molecule has 1 atom stereocenters. The molecule has 1 N–H and O–H groups in total. The fraction of sp³-hybridized carbons (Fsp3) is 0.500. The zero-order chi connectivity index (χ0) is 15.6. The van der Waals surface area contributed by atoms with Crippen molar-refractivity contribution in [2.45, 2.75) is 45.1 Å². The fourth-order valence-corrected chi connectivity index (χ4v) is 3.54. The maximum Gasteiger partial charge on any atom is 0.113 e. The Morgan fingerprint density at radius 2 is 2.27 bits per heavy atom. The van der Waals surface area contributed by atoms with E-state index in [1.54, 1.807) is 7.11 Å². The van der Waals surface area contributed by atoms with E-state index < -0.39 is 0 Å². The van der Waals surface area contributed by atoms with Crippen LogP contribution in [0.25, 0.3) is 10.9 Å². The van der Waals surface area contributed by atoms with Crippen molar-refractivity contribution in [2.24, 2.45) is 5.16 Å². The zero-order valence-corrected chi connectivity index (χ0v) is 13.6. The number of aromatic amines is 1. The van der Waals surface area contributed by atoms with Crippen LogP contribution in [-0.4, -0.2) is 24.9 Å². The molecule has 0 unspecified atom stereocenters. The summed E-state index contributed by atoms with van der Waals surface area (Å²) in [5, 5.41) is 5.25. The summed E-state index contributed by atoms with van der Waals surface area (Å²) in [7, 11) is 1.57. The number of fused-ring (bicyclic) bond motifs is 3. The Balaban J connectivity index is 2.14. The van der Waals surface area contributed by atoms with E-state index in [1.807, 2.05) is 6.21 Å². The third kappa shape index (κ3) is 2.31. The molecule has 4 nitrogen and oxygen atoms in total. The van der Waals surface area contributed by atoms with Crippen molar-refractivity contribution in [3.8, 4) is 0 Å². The maximum atomic E-state index is 6.21. The molecule has 2 aromatic rings. The molecule has 0 saturated heterocycles. The van der Waals surface area contributed by atoms with Crippen LogP contribution in [0, 0.1) is 0 Å². The molecule has 1 aliphatic heterocycles. The largest absolute Gasteiger partial charge is 0.399 e. The lowest BCUT2D eigenvalue weighted by Crippen LogP contribution is -2.35. The van der Waals surface area contributed by atoms with E-state index in [2.05, 4.69) is 42.2 Å². The van der Waals surface area contributed by atoms with E-state index in [-0.39, 0.29) is 5.60 Å². The highest BCUT2D eigenvalue weighted by atomic mass is 16.6. The molecule has 0 radical (unpaired) electrons. The van der Waals surface area contributed by atoms with Crippen LogP contribution in [-0.2, 0) is 28.0 Å². The van der Waals surface area contributed by atoms with E-state index in [0.29, 0.717) is 0 Å². The lowest BCUT2D eigenvalue weighted by molar-refractivity contribution is -0.0601. The number of rotatable bonds is 5. The summed E-state index contributed by atoms with van der Waals surface area (Å²) in [5.74, 6) is 0. The fourth-order valence-electron chi connectivity index (χ4n) is 3.54. The standard InChI is InChI=1S/C18H24N2O2/c1-4-13-7-6-8-14-15-9-12-22-18(5-2,10-11-19-21-3)17(15)20-16(13)14/h6-8,11,20H,4-5,9-10,12H2,1-3H3/t18-/m1/s1. The summed E-state index contributed by atoms with van der Waals surface area (Å²) in [6.07, 6.45) is 5.43. The van der Waals surface area contributed by atoms with Gasteiger partial charge in [-0.3, -0.25) is 0 Å². The van der Waals surface area contributed by atoms with Crippen LogP contribution in [0.2, 0.25) is 0 Å². The summed E-state index contributed by atoms with van der Waals surface area (Å²) in [4.78, 5) is 8.49. The van der Waals surface area contributed by atoms with Crippen LogP contribution >= 0.6 is 0 Å². The molecule has 1 aromatic heterocycles. The number of aryl methyl sites for hydroxylation is 1. The maximum absolute atomic E-state index is 6.21. The first-order valence-electron chi connectivity index (χ1n) is 8.07. The van der Waals surface area contributed by atoms with Gasteiger partial charge in [0.2, 0.25) is 0 Å². The molecular weight excluding hydrogens is 276 g/mol. The van der Waals surface area contributed by atoms with Crippen LogP contribution in [0.1, 0.15) is 43.5 Å². The second-order valence-electron chi connectivity index (χ2n) is 5.79. The van der Waals surface area contributed by atoms with Gasteiger partial charge in [-0.2, -0.15) is 0 Å². The van der Waals surface area contributed by atoms with Crippen LogP contribution in [0.3, 0.4) is 0 Å². The number of para-hydroxylation sites is 1. The number of hydrogen-bond acceptors (Lipinski definition) is 3. The highest BCUT2D eigenvalue weighted by Gasteiger charge is 2.38. The number of aromatic nitrogens is 1. The molecule has 118 valence electrons. The highest BCUT2D eigenvalue weighted by molar-refractivity contribution is 5.88. The molecule has 3 rings (SSSR count). The summed E-state index contributed by atoms with van der Waals surface area (Å²) in [6.45, 7) is 5.12. The van der Waals surface area contributed by atoms with E-state index in [0.717, 1.165) is 32.3 Å². The summed E-state index contributed by atoms with van der Waals surface area (Å²) in [5.41, 5.74) is 4.94. The monoisotopic (exact) mass is 300 g/mol. The average Bonchev–Trinajstić information content (AvgIpc) is 2.95. The van der Waals surface area contributed by atoms with Crippen LogP contribution in [0.5, 0.6) is 0 Å². The minimum atomic E-state index is -0.320.